The summed E-state index contributed by atoms with van der Waals surface area (Å²) in [5.41, 5.74) is 5.59. The first-order chi connectivity index (χ1) is 4.22. The maximum absolute atomic E-state index is 10.1. The third-order valence-electron chi connectivity index (χ3n) is 0.912. The number of nitrogen functional groups attached to an aromatic ring is 1. The van der Waals surface area contributed by atoms with Crippen molar-refractivity contribution < 1.29 is 9.90 Å². The fourth-order valence-corrected chi connectivity index (χ4v) is 1.18. The Kier molecular flexibility index (Phi) is 3.18. The number of carboxylic acids is 1. The molecule has 0 aliphatic heterocycles. The van der Waals surface area contributed by atoms with Crippen LogP contribution in [0.1, 0.15) is 10.4 Å². The second-order valence-electron chi connectivity index (χ2n) is 1.53. The quantitative estimate of drug-likeness (QED) is 0.664. The molecule has 0 spiro atoms. The lowest BCUT2D eigenvalue weighted by atomic mass is 10.3. The summed E-state index contributed by atoms with van der Waals surface area (Å²) in [5, 5.41) is 13.1. The Hall–Kier alpha value is -0.740. The van der Waals surface area contributed by atoms with Crippen molar-refractivity contribution in [2.75, 3.05) is 5.73 Å². The van der Waals surface area contributed by atoms with Gasteiger partial charge in [0.1, 0.15) is 0 Å². The molecule has 1 aromatic heterocycles. The highest BCUT2D eigenvalue weighted by Crippen LogP contribution is 2.15. The molecule has 1 aromatic rings. The van der Waals surface area contributed by atoms with E-state index in [0.29, 0.717) is 0 Å². The Morgan fingerprint density at radius 1 is 1.60 bits per heavy atom. The molecular weight excluding hydrogens is 174 g/mol. The first kappa shape index (κ1) is 9.26. The van der Waals surface area contributed by atoms with Crippen LogP contribution in [-0.2, 0) is 0 Å². The van der Waals surface area contributed by atoms with Crippen molar-refractivity contribution in [1.29, 1.82) is 0 Å². The molecule has 0 atom stereocenters. The van der Waals surface area contributed by atoms with Gasteiger partial charge in [-0.05, 0) is 0 Å². The molecule has 0 saturated heterocycles. The van der Waals surface area contributed by atoms with E-state index >= 15 is 0 Å². The van der Waals surface area contributed by atoms with Crippen molar-refractivity contribution in [3.05, 3.63) is 16.3 Å². The van der Waals surface area contributed by atoms with E-state index in [9.17, 15) is 9.90 Å². The molecule has 0 unspecified atom stereocenters. The molecule has 0 saturated carbocycles. The van der Waals surface area contributed by atoms with Crippen molar-refractivity contribution in [3.63, 3.8) is 0 Å². The molecule has 0 amide bonds. The topological polar surface area (TPSA) is 66.2 Å². The molecule has 0 bridgehead atoms. The molecular formula is C5H5ClNO2S-. The van der Waals surface area contributed by atoms with Gasteiger partial charge in [0.15, 0.2) is 0 Å². The number of carbonyl (C=O) groups excluding carboxylic acids is 1. The molecule has 1 heterocycles. The van der Waals surface area contributed by atoms with E-state index in [1.807, 2.05) is 0 Å². The van der Waals surface area contributed by atoms with Gasteiger partial charge in [0.05, 0.1) is 11.7 Å². The summed E-state index contributed by atoms with van der Waals surface area (Å²) in [6, 6.07) is 0. The summed E-state index contributed by atoms with van der Waals surface area (Å²) in [7, 11) is 0. The van der Waals surface area contributed by atoms with Gasteiger partial charge in [-0.15, -0.1) is 23.7 Å². The summed E-state index contributed by atoms with van der Waals surface area (Å²) < 4.78 is 0. The fraction of sp³-hybridized carbons (Fsp3) is 0. The minimum Gasteiger partial charge on any atom is -0.545 e. The number of anilines is 1. The number of hydrogen-bond donors (Lipinski definition) is 1. The number of hydrogen-bond acceptors (Lipinski definition) is 4. The highest BCUT2D eigenvalue weighted by Gasteiger charge is 1.97. The van der Waals surface area contributed by atoms with Crippen molar-refractivity contribution in [2.24, 2.45) is 0 Å². The molecule has 0 aliphatic rings. The maximum atomic E-state index is 10.1. The van der Waals surface area contributed by atoms with E-state index in [2.05, 4.69) is 0 Å². The zero-order valence-electron chi connectivity index (χ0n) is 4.87. The minimum absolute atomic E-state index is 0. The van der Waals surface area contributed by atoms with Crippen molar-refractivity contribution in [3.8, 4) is 0 Å². The molecule has 0 fully saturated rings. The summed E-state index contributed by atoms with van der Waals surface area (Å²) in [6.07, 6.45) is 0. The third kappa shape index (κ3) is 1.62. The van der Waals surface area contributed by atoms with Gasteiger partial charge in [0, 0.05) is 16.3 Å². The van der Waals surface area contributed by atoms with E-state index in [4.69, 9.17) is 5.73 Å². The van der Waals surface area contributed by atoms with E-state index in [0.717, 1.165) is 0 Å². The number of nitrogens with two attached hydrogens (primary N) is 1. The number of aromatic carboxylic acids is 1. The fourth-order valence-electron chi connectivity index (χ4n) is 0.473. The predicted molar refractivity (Wildman–Crippen MR) is 40.3 cm³/mol. The van der Waals surface area contributed by atoms with Gasteiger partial charge >= 0.3 is 0 Å². The summed E-state index contributed by atoms with van der Waals surface area (Å²) in [5.74, 6) is -1.21. The lowest BCUT2D eigenvalue weighted by Gasteiger charge is -1.97. The van der Waals surface area contributed by atoms with Crippen LogP contribution in [0.25, 0.3) is 0 Å². The molecule has 0 aliphatic carbocycles. The van der Waals surface area contributed by atoms with Crippen LogP contribution >= 0.6 is 23.7 Å². The average molecular weight is 179 g/mol. The van der Waals surface area contributed by atoms with Crippen molar-refractivity contribution in [2.45, 2.75) is 0 Å². The maximum Gasteiger partial charge on any atom is 0.0744 e. The van der Waals surface area contributed by atoms with Crippen LogP contribution < -0.4 is 10.8 Å². The van der Waals surface area contributed by atoms with Gasteiger partial charge in [-0.25, -0.2) is 0 Å². The molecule has 5 heteroatoms. The average Bonchev–Trinajstić information content (AvgIpc) is 2.13. The monoisotopic (exact) mass is 178 g/mol. The van der Waals surface area contributed by atoms with Gasteiger partial charge in [-0.2, -0.15) is 0 Å². The Labute approximate surface area is 67.9 Å². The SMILES string of the molecule is Cl.Nc1cscc1C(=O)[O-]. The van der Waals surface area contributed by atoms with Crippen LogP contribution in [0, 0.1) is 0 Å². The van der Waals surface area contributed by atoms with Crippen LogP contribution in [0.15, 0.2) is 10.8 Å². The summed E-state index contributed by atoms with van der Waals surface area (Å²) in [4.78, 5) is 10.1. The Balaban J connectivity index is 0.000000810. The van der Waals surface area contributed by atoms with Crippen LogP contribution in [0.2, 0.25) is 0 Å². The highest BCUT2D eigenvalue weighted by atomic mass is 35.5. The Morgan fingerprint density at radius 3 is 2.40 bits per heavy atom. The van der Waals surface area contributed by atoms with Gasteiger partial charge in [-0.1, -0.05) is 0 Å². The number of rotatable bonds is 1. The molecule has 0 radical (unpaired) electrons. The van der Waals surface area contributed by atoms with Crippen LogP contribution in [0.4, 0.5) is 5.69 Å². The third-order valence-corrected chi connectivity index (χ3v) is 1.67. The Bertz CT molecular complexity index is 235. The van der Waals surface area contributed by atoms with E-state index in [1.54, 1.807) is 5.38 Å². The molecule has 56 valence electrons. The first-order valence-electron chi connectivity index (χ1n) is 2.25. The lowest BCUT2D eigenvalue weighted by molar-refractivity contribution is -0.254. The van der Waals surface area contributed by atoms with Gasteiger partial charge in [0.25, 0.3) is 0 Å². The smallest absolute Gasteiger partial charge is 0.0744 e. The van der Waals surface area contributed by atoms with Gasteiger partial charge < -0.3 is 15.6 Å². The predicted octanol–water partition coefficient (Wildman–Crippen LogP) is 0.116. The van der Waals surface area contributed by atoms with Crippen LogP contribution in [-0.4, -0.2) is 5.97 Å². The van der Waals surface area contributed by atoms with Gasteiger partial charge in [-0.3, -0.25) is 0 Å². The standard InChI is InChI=1S/C5H5NO2S.ClH/c6-4-2-9-1-3(4)5(7)8;/h1-2H,6H2,(H,7,8);1H/p-1. The van der Waals surface area contributed by atoms with Gasteiger partial charge in [0.2, 0.25) is 0 Å². The molecule has 10 heavy (non-hydrogen) atoms. The van der Waals surface area contributed by atoms with Crippen molar-refractivity contribution >= 4 is 35.4 Å². The highest BCUT2D eigenvalue weighted by molar-refractivity contribution is 7.08. The van der Waals surface area contributed by atoms with Crippen LogP contribution in [0.3, 0.4) is 0 Å². The summed E-state index contributed by atoms with van der Waals surface area (Å²) >= 11 is 1.25. The van der Waals surface area contributed by atoms with Crippen LogP contribution in [0.5, 0.6) is 0 Å². The first-order valence-corrected chi connectivity index (χ1v) is 3.19. The van der Waals surface area contributed by atoms with Crippen molar-refractivity contribution in [1.82, 2.24) is 0 Å². The zero-order valence-corrected chi connectivity index (χ0v) is 6.50. The zero-order chi connectivity index (χ0) is 6.85. The van der Waals surface area contributed by atoms with E-state index < -0.39 is 5.97 Å². The Morgan fingerprint density at radius 2 is 2.20 bits per heavy atom. The number of carbonyl (C=O) groups is 1. The normalized spacial score (nSPS) is 8.40. The second-order valence-corrected chi connectivity index (χ2v) is 2.27. The molecule has 0 aromatic carbocycles. The number of halogens is 1. The lowest BCUT2D eigenvalue weighted by Crippen LogP contribution is -2.22. The minimum atomic E-state index is -1.21. The largest absolute Gasteiger partial charge is 0.545 e. The van der Waals surface area contributed by atoms with E-state index in [-0.39, 0.29) is 23.7 Å². The molecule has 1 rings (SSSR count). The van der Waals surface area contributed by atoms with E-state index in [1.165, 1.54) is 16.7 Å². The molecule has 2 N–H and O–H groups in total. The molecule has 3 nitrogen and oxygen atoms in total. The number of thiophene rings is 1. The second kappa shape index (κ2) is 3.43. The summed E-state index contributed by atoms with van der Waals surface area (Å²) in [6.45, 7) is 0. The number of carboxylic acid groups (broad SMARTS) is 1.